The third-order valence-corrected chi connectivity index (χ3v) is 5.52. The molecule has 134 valence electrons. The molecule has 0 unspecified atom stereocenters. The molecule has 26 heavy (non-hydrogen) atoms. The summed E-state index contributed by atoms with van der Waals surface area (Å²) >= 11 is 0. The molecule has 1 heterocycles. The van der Waals surface area contributed by atoms with Gasteiger partial charge in [-0.1, -0.05) is 30.3 Å². The van der Waals surface area contributed by atoms with Crippen LogP contribution in [-0.4, -0.2) is 23.5 Å². The fourth-order valence-corrected chi connectivity index (χ4v) is 4.29. The normalized spacial score (nSPS) is 12.1. The van der Waals surface area contributed by atoms with Crippen LogP contribution in [0, 0.1) is 12.7 Å². The Labute approximate surface area is 150 Å². The number of aliphatic carboxylic acids is 1. The van der Waals surface area contributed by atoms with Crippen LogP contribution in [0.1, 0.15) is 16.8 Å². The van der Waals surface area contributed by atoms with Crippen molar-refractivity contribution in [2.24, 2.45) is 0 Å². The summed E-state index contributed by atoms with van der Waals surface area (Å²) in [6.45, 7) is 1.52. The maximum atomic E-state index is 13.6. The lowest BCUT2D eigenvalue weighted by molar-refractivity contribution is -0.136. The molecule has 2 aromatic carbocycles. The lowest BCUT2D eigenvalue weighted by atomic mass is 10.1. The summed E-state index contributed by atoms with van der Waals surface area (Å²) in [6, 6.07) is 12.6. The van der Waals surface area contributed by atoms with E-state index in [-0.39, 0.29) is 22.2 Å². The molecule has 5 nitrogen and oxygen atoms in total. The minimum atomic E-state index is -3.92. The number of nitrogens with zero attached hydrogens (tertiary/aromatic N) is 1. The quantitative estimate of drug-likeness (QED) is 0.742. The van der Waals surface area contributed by atoms with Crippen LogP contribution in [0.25, 0.3) is 17.0 Å². The molecule has 0 bridgehead atoms. The van der Waals surface area contributed by atoms with Gasteiger partial charge in [-0.3, -0.25) is 4.79 Å². The third kappa shape index (κ3) is 3.39. The van der Waals surface area contributed by atoms with Gasteiger partial charge in [0, 0.05) is 11.1 Å². The molecule has 3 rings (SSSR count). The highest BCUT2D eigenvalue weighted by Gasteiger charge is 2.23. The van der Waals surface area contributed by atoms with Crippen LogP contribution < -0.4 is 0 Å². The Kier molecular flexibility index (Phi) is 4.65. The van der Waals surface area contributed by atoms with E-state index in [0.29, 0.717) is 5.56 Å². The average molecular weight is 373 g/mol. The third-order valence-electron chi connectivity index (χ3n) is 4.06. The van der Waals surface area contributed by atoms with Crippen LogP contribution in [0.4, 0.5) is 4.39 Å². The second kappa shape index (κ2) is 6.76. The number of benzene rings is 2. The molecule has 0 aliphatic heterocycles. The maximum Gasteiger partial charge on any atom is 0.307 e. The summed E-state index contributed by atoms with van der Waals surface area (Å²) in [4.78, 5) is 11.2. The fraction of sp³-hybridized carbons (Fsp3) is 0.105. The van der Waals surface area contributed by atoms with Gasteiger partial charge in [0.1, 0.15) is 5.82 Å². The number of hydrogen-bond donors (Lipinski definition) is 1. The Morgan fingerprint density at radius 1 is 1.19 bits per heavy atom. The van der Waals surface area contributed by atoms with Crippen molar-refractivity contribution < 1.29 is 22.7 Å². The molecule has 0 fully saturated rings. The van der Waals surface area contributed by atoms with Crippen molar-refractivity contribution in [1.29, 1.82) is 0 Å². The van der Waals surface area contributed by atoms with E-state index in [9.17, 15) is 17.6 Å². The summed E-state index contributed by atoms with van der Waals surface area (Å²) in [7, 11) is -3.92. The van der Waals surface area contributed by atoms with Gasteiger partial charge in [0.15, 0.2) is 0 Å². The summed E-state index contributed by atoms with van der Waals surface area (Å²) in [5, 5.41) is 10.5. The van der Waals surface area contributed by atoms with Crippen LogP contribution >= 0.6 is 0 Å². The number of fused-ring (bicyclic) bond motifs is 1. The van der Waals surface area contributed by atoms with Crippen molar-refractivity contribution in [1.82, 2.24) is 3.97 Å². The minimum Gasteiger partial charge on any atom is -0.481 e. The van der Waals surface area contributed by atoms with Crippen LogP contribution in [0.3, 0.4) is 0 Å². The first-order valence-electron chi connectivity index (χ1n) is 7.79. The maximum absolute atomic E-state index is 13.6. The molecule has 7 heteroatoms. The second-order valence-corrected chi connectivity index (χ2v) is 7.49. The van der Waals surface area contributed by atoms with E-state index in [1.165, 1.54) is 19.1 Å². The van der Waals surface area contributed by atoms with Gasteiger partial charge in [0.05, 0.1) is 17.3 Å². The molecule has 1 aromatic heterocycles. The van der Waals surface area contributed by atoms with Crippen LogP contribution in [0.15, 0.2) is 53.9 Å². The Hall–Kier alpha value is -2.93. The molecule has 0 atom stereocenters. The molecule has 1 N–H and O–H groups in total. The van der Waals surface area contributed by atoms with E-state index in [1.807, 2.05) is 6.07 Å². The van der Waals surface area contributed by atoms with Gasteiger partial charge in [-0.2, -0.15) is 0 Å². The van der Waals surface area contributed by atoms with E-state index in [2.05, 4.69) is 0 Å². The molecule has 0 saturated heterocycles. The molecule has 0 radical (unpaired) electrons. The monoisotopic (exact) mass is 373 g/mol. The molecule has 3 aromatic rings. The van der Waals surface area contributed by atoms with Gasteiger partial charge in [0.2, 0.25) is 0 Å². The smallest absolute Gasteiger partial charge is 0.307 e. The van der Waals surface area contributed by atoms with Crippen molar-refractivity contribution in [2.45, 2.75) is 13.3 Å². The highest BCUT2D eigenvalue weighted by molar-refractivity contribution is 7.93. The van der Waals surface area contributed by atoms with Crippen molar-refractivity contribution in [2.75, 3.05) is 0 Å². The first-order chi connectivity index (χ1) is 12.3. The zero-order valence-electron chi connectivity index (χ0n) is 13.9. The number of carbonyl (C=O) groups is 1. The van der Waals surface area contributed by atoms with Gasteiger partial charge in [-0.05, 0) is 42.3 Å². The second-order valence-electron chi connectivity index (χ2n) is 5.82. The van der Waals surface area contributed by atoms with Crippen molar-refractivity contribution in [3.05, 3.63) is 76.6 Å². The lowest BCUT2D eigenvalue weighted by Gasteiger charge is -2.06. The molecule has 0 saturated carbocycles. The summed E-state index contributed by atoms with van der Waals surface area (Å²) in [5.74, 6) is -1.67. The first kappa shape index (κ1) is 17.9. The topological polar surface area (TPSA) is 76.4 Å². The summed E-state index contributed by atoms with van der Waals surface area (Å²) in [5.41, 5.74) is 1.49. The first-order valence-corrected chi connectivity index (χ1v) is 9.30. The summed E-state index contributed by atoms with van der Waals surface area (Å²) < 4.78 is 40.4. The number of carboxylic acid groups (broad SMARTS) is 1. The van der Waals surface area contributed by atoms with Crippen LogP contribution in [-0.2, 0) is 21.2 Å². The van der Waals surface area contributed by atoms with E-state index in [1.54, 1.807) is 24.3 Å². The Balaban J connectivity index is 2.19. The molecular weight excluding hydrogens is 357 g/mol. The van der Waals surface area contributed by atoms with Gasteiger partial charge < -0.3 is 5.11 Å². The summed E-state index contributed by atoms with van der Waals surface area (Å²) in [6.07, 6.45) is 1.07. The van der Waals surface area contributed by atoms with E-state index in [0.717, 1.165) is 21.5 Å². The van der Waals surface area contributed by atoms with Crippen molar-refractivity contribution in [3.8, 4) is 0 Å². The van der Waals surface area contributed by atoms with E-state index < -0.39 is 28.2 Å². The fourth-order valence-electron chi connectivity index (χ4n) is 2.92. The van der Waals surface area contributed by atoms with Crippen molar-refractivity contribution in [3.63, 3.8) is 0 Å². The zero-order valence-corrected chi connectivity index (χ0v) is 14.7. The van der Waals surface area contributed by atoms with Gasteiger partial charge in [0.25, 0.3) is 10.0 Å². The largest absolute Gasteiger partial charge is 0.481 e. The molecule has 0 amide bonds. The lowest BCUT2D eigenvalue weighted by Crippen LogP contribution is -2.11. The minimum absolute atomic E-state index is 0.248. The molecule has 0 aliphatic carbocycles. The molecular formula is C19H16FNO4S. The van der Waals surface area contributed by atoms with Gasteiger partial charge in [-0.15, -0.1) is 0 Å². The highest BCUT2D eigenvalue weighted by Crippen LogP contribution is 2.29. The highest BCUT2D eigenvalue weighted by atomic mass is 32.2. The van der Waals surface area contributed by atoms with Crippen LogP contribution in [0.5, 0.6) is 0 Å². The van der Waals surface area contributed by atoms with Gasteiger partial charge in [-0.25, -0.2) is 16.8 Å². The standard InChI is InChI=1S/C19H16FNO4S/c1-13-16(12-19(22)23)17-11-15(20)7-8-18(17)21(13)26(24,25)10-9-14-5-3-2-4-6-14/h2-11H,12H2,1H3,(H,22,23)/b10-9+. The zero-order chi connectivity index (χ0) is 18.9. The van der Waals surface area contributed by atoms with E-state index >= 15 is 0 Å². The number of carboxylic acids is 1. The Morgan fingerprint density at radius 2 is 1.88 bits per heavy atom. The number of halogens is 1. The predicted molar refractivity (Wildman–Crippen MR) is 97.8 cm³/mol. The number of rotatable bonds is 5. The SMILES string of the molecule is Cc1c(CC(=O)O)c2cc(F)ccc2n1S(=O)(=O)/C=C/c1ccccc1. The predicted octanol–water partition coefficient (Wildman–Crippen LogP) is 3.56. The van der Waals surface area contributed by atoms with Crippen molar-refractivity contribution >= 4 is 33.0 Å². The van der Waals surface area contributed by atoms with Crippen LogP contribution in [0.2, 0.25) is 0 Å². The van der Waals surface area contributed by atoms with E-state index in [4.69, 9.17) is 5.11 Å². The van der Waals surface area contributed by atoms with Gasteiger partial charge >= 0.3 is 5.97 Å². The average Bonchev–Trinajstić information content (AvgIpc) is 2.86. The number of hydrogen-bond acceptors (Lipinski definition) is 3. The molecule has 0 spiro atoms. The Bertz CT molecular complexity index is 1120. The molecule has 0 aliphatic rings. The Morgan fingerprint density at radius 3 is 2.54 bits per heavy atom. The number of aromatic nitrogens is 1.